The van der Waals surface area contributed by atoms with E-state index in [1.165, 1.54) is 38.6 Å². The number of ether oxygens (including phenoxy) is 1. The molecule has 0 saturated carbocycles. The van der Waals surface area contributed by atoms with E-state index in [2.05, 4.69) is 158 Å². The van der Waals surface area contributed by atoms with E-state index in [1.807, 2.05) is 30.3 Å². The van der Waals surface area contributed by atoms with Crippen LogP contribution >= 0.6 is 0 Å². The maximum Gasteiger partial charge on any atom is 0.164 e. The van der Waals surface area contributed by atoms with Gasteiger partial charge < -0.3 is 4.74 Å². The first-order valence-electron chi connectivity index (χ1n) is 18.3. The zero-order valence-corrected chi connectivity index (χ0v) is 29.1. The quantitative estimate of drug-likeness (QED) is 0.185. The average molecular weight is 690 g/mol. The van der Waals surface area contributed by atoms with E-state index in [0.29, 0.717) is 17.5 Å². The number of hydrogen-bond acceptors (Lipinski definition) is 4. The fraction of sp³-hybridized carbons (Fsp3) is 0.0200. The van der Waals surface area contributed by atoms with E-state index in [1.54, 1.807) is 0 Å². The molecule has 2 heterocycles. The molecule has 8 aromatic carbocycles. The number of nitrogens with zero attached hydrogens (tertiary/aromatic N) is 3. The van der Waals surface area contributed by atoms with Crippen LogP contribution in [0.25, 0.3) is 67.2 Å². The monoisotopic (exact) mass is 689 g/mol. The van der Waals surface area contributed by atoms with Gasteiger partial charge in [-0.05, 0) is 68.4 Å². The normalized spacial score (nSPS) is 13.1. The van der Waals surface area contributed by atoms with Crippen molar-refractivity contribution in [2.75, 3.05) is 0 Å². The number of aromatic nitrogens is 3. The molecule has 9 aromatic rings. The molecule has 1 aliphatic carbocycles. The molecule has 1 spiro atoms. The fourth-order valence-electron chi connectivity index (χ4n) is 8.52. The molecule has 4 nitrogen and oxygen atoms in total. The second-order valence-corrected chi connectivity index (χ2v) is 14.0. The molecule has 0 radical (unpaired) electrons. The standard InChI is InChI=1S/C50H31N3O/c1-2-13-34(14-3-1)47-51-48(35-25-22-33(23-26-35)37-27-24-32-12-4-5-15-36(32)30-37)53-49(52-47)38-28-29-40-39-16-6-7-17-41(39)50(44(40)31-38)42-18-8-10-20-45(42)54-46-21-11-9-19-43(46)50/h1-31H. The highest BCUT2D eigenvalue weighted by Gasteiger charge is 2.51. The largest absolute Gasteiger partial charge is 0.457 e. The third-order valence-electron chi connectivity index (χ3n) is 11.0. The van der Waals surface area contributed by atoms with Crippen LogP contribution in [-0.2, 0) is 5.41 Å². The van der Waals surface area contributed by atoms with Crippen molar-refractivity contribution in [1.29, 1.82) is 0 Å². The Kier molecular flexibility index (Phi) is 6.73. The minimum Gasteiger partial charge on any atom is -0.457 e. The van der Waals surface area contributed by atoms with Crippen LogP contribution in [-0.4, -0.2) is 15.0 Å². The summed E-state index contributed by atoms with van der Waals surface area (Å²) in [6, 6.07) is 66.1. The van der Waals surface area contributed by atoms with Gasteiger partial charge in [0.15, 0.2) is 17.5 Å². The van der Waals surface area contributed by atoms with Crippen molar-refractivity contribution < 1.29 is 4.74 Å². The Labute approximate surface area is 313 Å². The molecule has 252 valence electrons. The van der Waals surface area contributed by atoms with Gasteiger partial charge in [-0.3, -0.25) is 0 Å². The summed E-state index contributed by atoms with van der Waals surface area (Å²) in [5.41, 5.74) is 11.6. The maximum absolute atomic E-state index is 6.56. The highest BCUT2D eigenvalue weighted by Crippen LogP contribution is 2.62. The van der Waals surface area contributed by atoms with Crippen molar-refractivity contribution in [2.45, 2.75) is 5.41 Å². The third kappa shape index (κ3) is 4.60. The Morgan fingerprint density at radius 3 is 1.54 bits per heavy atom. The molecule has 0 N–H and O–H groups in total. The molecule has 1 aromatic heterocycles. The topological polar surface area (TPSA) is 47.9 Å². The minimum absolute atomic E-state index is 0.579. The smallest absolute Gasteiger partial charge is 0.164 e. The summed E-state index contributed by atoms with van der Waals surface area (Å²) in [6.07, 6.45) is 0. The summed E-state index contributed by atoms with van der Waals surface area (Å²) in [7, 11) is 0. The Hall–Kier alpha value is -7.17. The van der Waals surface area contributed by atoms with Crippen LogP contribution in [0, 0.1) is 0 Å². The number of fused-ring (bicyclic) bond motifs is 10. The van der Waals surface area contributed by atoms with E-state index >= 15 is 0 Å². The molecule has 0 unspecified atom stereocenters. The highest BCUT2D eigenvalue weighted by atomic mass is 16.5. The first-order valence-corrected chi connectivity index (χ1v) is 18.3. The van der Waals surface area contributed by atoms with Gasteiger partial charge >= 0.3 is 0 Å². The van der Waals surface area contributed by atoms with Crippen molar-refractivity contribution in [3.05, 3.63) is 210 Å². The number of benzene rings is 8. The van der Waals surface area contributed by atoms with Gasteiger partial charge in [0.05, 0.1) is 5.41 Å². The van der Waals surface area contributed by atoms with Crippen LogP contribution < -0.4 is 4.74 Å². The summed E-state index contributed by atoms with van der Waals surface area (Å²) in [5, 5.41) is 2.45. The lowest BCUT2D eigenvalue weighted by atomic mass is 9.66. The SMILES string of the molecule is c1ccc(-c2nc(-c3ccc(-c4ccc5ccccc5c4)cc3)nc(-c3ccc4c(c3)C3(c5ccccc5Oc5ccccc53)c3ccccc3-4)n2)cc1. The predicted molar refractivity (Wildman–Crippen MR) is 216 cm³/mol. The highest BCUT2D eigenvalue weighted by molar-refractivity contribution is 5.90. The van der Waals surface area contributed by atoms with Crippen molar-refractivity contribution in [1.82, 2.24) is 15.0 Å². The van der Waals surface area contributed by atoms with Crippen molar-refractivity contribution in [3.8, 4) is 67.9 Å². The van der Waals surface area contributed by atoms with Crippen LogP contribution in [0.15, 0.2) is 188 Å². The summed E-state index contributed by atoms with van der Waals surface area (Å²) in [4.78, 5) is 15.4. The summed E-state index contributed by atoms with van der Waals surface area (Å²) >= 11 is 0. The number of para-hydroxylation sites is 2. The second-order valence-electron chi connectivity index (χ2n) is 14.0. The van der Waals surface area contributed by atoms with Crippen LogP contribution in [0.1, 0.15) is 22.3 Å². The van der Waals surface area contributed by atoms with Crippen LogP contribution in [0.5, 0.6) is 11.5 Å². The fourth-order valence-corrected chi connectivity index (χ4v) is 8.52. The average Bonchev–Trinajstić information content (AvgIpc) is 3.53. The minimum atomic E-state index is -0.579. The van der Waals surface area contributed by atoms with E-state index < -0.39 is 5.41 Å². The molecule has 0 saturated heterocycles. The molecular formula is C50H31N3O. The molecule has 0 amide bonds. The van der Waals surface area contributed by atoms with E-state index in [-0.39, 0.29) is 0 Å². The van der Waals surface area contributed by atoms with Gasteiger partial charge in [0.1, 0.15) is 11.5 Å². The van der Waals surface area contributed by atoms with Gasteiger partial charge in [0.25, 0.3) is 0 Å². The van der Waals surface area contributed by atoms with Crippen LogP contribution in [0.3, 0.4) is 0 Å². The number of hydrogen-bond donors (Lipinski definition) is 0. The predicted octanol–water partition coefficient (Wildman–Crippen LogP) is 12.2. The van der Waals surface area contributed by atoms with Gasteiger partial charge in [-0.2, -0.15) is 0 Å². The maximum atomic E-state index is 6.56. The number of rotatable bonds is 4. The molecule has 54 heavy (non-hydrogen) atoms. The zero-order chi connectivity index (χ0) is 35.6. The Bertz CT molecular complexity index is 2870. The van der Waals surface area contributed by atoms with Gasteiger partial charge in [0, 0.05) is 27.8 Å². The summed E-state index contributed by atoms with van der Waals surface area (Å²) in [6.45, 7) is 0. The first-order chi connectivity index (χ1) is 26.7. The first kappa shape index (κ1) is 30.5. The van der Waals surface area contributed by atoms with E-state index in [4.69, 9.17) is 19.7 Å². The molecule has 1 aliphatic heterocycles. The molecule has 0 atom stereocenters. The van der Waals surface area contributed by atoms with Gasteiger partial charge in [-0.15, -0.1) is 0 Å². The summed E-state index contributed by atoms with van der Waals surface area (Å²) in [5.74, 6) is 3.62. The molecule has 2 aliphatic rings. The summed E-state index contributed by atoms with van der Waals surface area (Å²) < 4.78 is 6.56. The second kappa shape index (κ2) is 11.9. The Morgan fingerprint density at radius 1 is 0.315 bits per heavy atom. The molecule has 4 heteroatoms. The molecular weight excluding hydrogens is 659 g/mol. The third-order valence-corrected chi connectivity index (χ3v) is 11.0. The van der Waals surface area contributed by atoms with Crippen LogP contribution in [0.2, 0.25) is 0 Å². The van der Waals surface area contributed by atoms with Crippen molar-refractivity contribution >= 4 is 10.8 Å². The lowest BCUT2D eigenvalue weighted by molar-refractivity contribution is 0.436. The van der Waals surface area contributed by atoms with Crippen molar-refractivity contribution in [3.63, 3.8) is 0 Å². The molecule has 0 fully saturated rings. The lowest BCUT2D eigenvalue weighted by Gasteiger charge is -2.39. The van der Waals surface area contributed by atoms with Crippen molar-refractivity contribution in [2.24, 2.45) is 0 Å². The molecule has 11 rings (SSSR count). The Balaban J connectivity index is 1.09. The van der Waals surface area contributed by atoms with Gasteiger partial charge in [-0.1, -0.05) is 164 Å². The van der Waals surface area contributed by atoms with Crippen LogP contribution in [0.4, 0.5) is 0 Å². The molecule has 0 bridgehead atoms. The lowest BCUT2D eigenvalue weighted by Crippen LogP contribution is -2.32. The van der Waals surface area contributed by atoms with E-state index in [0.717, 1.165) is 44.9 Å². The van der Waals surface area contributed by atoms with Gasteiger partial charge in [-0.25, -0.2) is 15.0 Å². The Morgan fingerprint density at radius 2 is 0.815 bits per heavy atom. The van der Waals surface area contributed by atoms with Gasteiger partial charge in [0.2, 0.25) is 0 Å². The van der Waals surface area contributed by atoms with E-state index in [9.17, 15) is 0 Å². The zero-order valence-electron chi connectivity index (χ0n) is 29.1.